The Hall–Kier alpha value is -4.34. The maximum absolute atomic E-state index is 13.6. The van der Waals surface area contributed by atoms with Gasteiger partial charge in [-0.25, -0.2) is 9.18 Å². The number of esters is 3. The Labute approximate surface area is 238 Å². The topological polar surface area (TPSA) is 85.4 Å². The number of benzene rings is 3. The summed E-state index contributed by atoms with van der Waals surface area (Å²) in [4.78, 5) is 43.3. The predicted molar refractivity (Wildman–Crippen MR) is 151 cm³/mol. The Morgan fingerprint density at radius 2 is 1.41 bits per heavy atom. The number of carbonyl (C=O) groups is 3. The molecule has 0 bridgehead atoms. The summed E-state index contributed by atoms with van der Waals surface area (Å²) < 4.78 is 29.3. The van der Waals surface area contributed by atoms with Crippen molar-refractivity contribution in [3.63, 3.8) is 0 Å². The molecule has 3 atom stereocenters. The van der Waals surface area contributed by atoms with Crippen molar-refractivity contribution in [2.75, 3.05) is 33.9 Å². The van der Waals surface area contributed by atoms with E-state index >= 15 is 0 Å². The van der Waals surface area contributed by atoms with E-state index in [0.29, 0.717) is 5.56 Å². The molecule has 0 aliphatic carbocycles. The minimum Gasteiger partial charge on any atom is -0.468 e. The molecule has 41 heavy (non-hydrogen) atoms. The van der Waals surface area contributed by atoms with Crippen LogP contribution in [0.3, 0.4) is 0 Å². The van der Waals surface area contributed by atoms with Crippen LogP contribution in [0.25, 0.3) is 6.08 Å². The third-order valence-electron chi connectivity index (χ3n) is 6.96. The molecule has 0 radical (unpaired) electrons. The highest BCUT2D eigenvalue weighted by atomic mass is 19.1. The minimum absolute atomic E-state index is 0.0312. The van der Waals surface area contributed by atoms with Crippen LogP contribution in [-0.2, 0) is 28.6 Å². The quantitative estimate of drug-likeness (QED) is 0.203. The van der Waals surface area contributed by atoms with Gasteiger partial charge in [-0.2, -0.15) is 0 Å². The first-order chi connectivity index (χ1) is 19.9. The van der Waals surface area contributed by atoms with Gasteiger partial charge >= 0.3 is 17.9 Å². The first kappa shape index (κ1) is 29.6. The fraction of sp³-hybridized carbons (Fsp3) is 0.281. The van der Waals surface area contributed by atoms with E-state index in [-0.39, 0.29) is 25.3 Å². The van der Waals surface area contributed by atoms with Gasteiger partial charge in [-0.05, 0) is 41.8 Å². The fourth-order valence-electron chi connectivity index (χ4n) is 5.21. The van der Waals surface area contributed by atoms with Gasteiger partial charge in [0.25, 0.3) is 0 Å². The number of ether oxygens (including phenoxy) is 3. The van der Waals surface area contributed by atoms with Crippen LogP contribution < -0.4 is 0 Å². The Morgan fingerprint density at radius 3 is 1.98 bits per heavy atom. The van der Waals surface area contributed by atoms with E-state index in [4.69, 9.17) is 14.2 Å². The predicted octanol–water partition coefficient (Wildman–Crippen LogP) is 4.54. The Morgan fingerprint density at radius 1 is 0.805 bits per heavy atom. The molecule has 0 N–H and O–H groups in total. The summed E-state index contributed by atoms with van der Waals surface area (Å²) >= 11 is 0. The van der Waals surface area contributed by atoms with E-state index in [9.17, 15) is 18.8 Å². The third-order valence-corrected chi connectivity index (χ3v) is 6.96. The van der Waals surface area contributed by atoms with Crippen molar-refractivity contribution >= 4 is 24.0 Å². The first-order valence-electron chi connectivity index (χ1n) is 13.3. The molecule has 9 heteroatoms. The molecule has 3 aromatic carbocycles. The maximum atomic E-state index is 13.6. The van der Waals surface area contributed by atoms with E-state index in [1.165, 1.54) is 26.4 Å². The van der Waals surface area contributed by atoms with Crippen LogP contribution >= 0.6 is 0 Å². The molecule has 3 aromatic rings. The van der Waals surface area contributed by atoms with Crippen LogP contribution in [0, 0.1) is 5.82 Å². The number of halogens is 1. The number of nitrogens with zero attached hydrogens (tertiary/aromatic N) is 2. The zero-order valence-corrected chi connectivity index (χ0v) is 23.2. The SMILES string of the molecule is CCOC(=O)/C(=C/c1ccc(F)cc1)CN1[C@@H](c2ccccc2)N(CC(=O)OC)[C@@H](c2ccccc2)[C@H]1C(=O)OC. The van der Waals surface area contributed by atoms with E-state index < -0.39 is 42.0 Å². The van der Waals surface area contributed by atoms with Crippen molar-refractivity contribution in [2.45, 2.75) is 25.2 Å². The monoisotopic (exact) mass is 560 g/mol. The minimum atomic E-state index is -0.914. The van der Waals surface area contributed by atoms with Gasteiger partial charge in [-0.1, -0.05) is 72.8 Å². The van der Waals surface area contributed by atoms with Crippen molar-refractivity contribution in [1.82, 2.24) is 9.80 Å². The summed E-state index contributed by atoms with van der Waals surface area (Å²) in [5, 5.41) is 0. The molecule has 0 unspecified atom stereocenters. The van der Waals surface area contributed by atoms with Crippen LogP contribution in [0.5, 0.6) is 0 Å². The third kappa shape index (κ3) is 6.87. The van der Waals surface area contributed by atoms with Crippen molar-refractivity contribution in [3.05, 3.63) is 113 Å². The molecule has 1 aliphatic heterocycles. The van der Waals surface area contributed by atoms with Gasteiger partial charge in [0, 0.05) is 6.54 Å². The number of rotatable bonds is 10. The average Bonchev–Trinajstić information content (AvgIpc) is 3.31. The largest absolute Gasteiger partial charge is 0.468 e. The van der Waals surface area contributed by atoms with Crippen molar-refractivity contribution in [2.24, 2.45) is 0 Å². The molecule has 0 saturated carbocycles. The molecule has 0 aromatic heterocycles. The second-order valence-corrected chi connectivity index (χ2v) is 9.47. The van der Waals surface area contributed by atoms with Crippen LogP contribution in [0.2, 0.25) is 0 Å². The van der Waals surface area contributed by atoms with E-state index in [1.54, 1.807) is 25.1 Å². The van der Waals surface area contributed by atoms with Crippen molar-refractivity contribution in [3.8, 4) is 0 Å². The Balaban J connectivity index is 1.91. The second kappa shape index (κ2) is 13.8. The van der Waals surface area contributed by atoms with Crippen molar-refractivity contribution in [1.29, 1.82) is 0 Å². The normalized spacial score (nSPS) is 19.5. The molecule has 4 rings (SSSR count). The lowest BCUT2D eigenvalue weighted by Gasteiger charge is -2.32. The number of hydrogen-bond donors (Lipinski definition) is 0. The Kier molecular flexibility index (Phi) is 10.00. The van der Waals surface area contributed by atoms with E-state index in [0.717, 1.165) is 11.1 Å². The van der Waals surface area contributed by atoms with Crippen LogP contribution in [-0.4, -0.2) is 67.7 Å². The summed E-state index contributed by atoms with van der Waals surface area (Å²) in [6.07, 6.45) is 0.990. The number of carbonyl (C=O) groups excluding carboxylic acids is 3. The van der Waals surface area contributed by atoms with Crippen LogP contribution in [0.15, 0.2) is 90.5 Å². The highest BCUT2D eigenvalue weighted by molar-refractivity contribution is 5.94. The maximum Gasteiger partial charge on any atom is 0.335 e. The molecule has 0 spiro atoms. The smallest absolute Gasteiger partial charge is 0.335 e. The molecule has 214 valence electrons. The molecule has 1 aliphatic rings. The zero-order chi connectivity index (χ0) is 29.4. The molecule has 0 amide bonds. The molecule has 1 saturated heterocycles. The summed E-state index contributed by atoms with van der Waals surface area (Å²) in [5.74, 6) is -1.99. The van der Waals surface area contributed by atoms with Gasteiger partial charge < -0.3 is 14.2 Å². The zero-order valence-electron chi connectivity index (χ0n) is 23.2. The van der Waals surface area contributed by atoms with Crippen molar-refractivity contribution < 1.29 is 33.0 Å². The molecule has 1 heterocycles. The second-order valence-electron chi connectivity index (χ2n) is 9.47. The first-order valence-corrected chi connectivity index (χ1v) is 13.3. The summed E-state index contributed by atoms with van der Waals surface area (Å²) in [6.45, 7) is 1.69. The lowest BCUT2D eigenvalue weighted by Crippen LogP contribution is -2.42. The lowest BCUT2D eigenvalue weighted by atomic mass is 9.98. The summed E-state index contributed by atoms with van der Waals surface area (Å²) in [7, 11) is 2.62. The lowest BCUT2D eigenvalue weighted by molar-refractivity contribution is -0.147. The van der Waals surface area contributed by atoms with Gasteiger partial charge in [0.15, 0.2) is 0 Å². The highest BCUT2D eigenvalue weighted by Gasteiger charge is 2.53. The van der Waals surface area contributed by atoms with Gasteiger partial charge in [0.05, 0.1) is 45.2 Å². The van der Waals surface area contributed by atoms with Crippen LogP contribution in [0.4, 0.5) is 4.39 Å². The molecule has 1 fully saturated rings. The van der Waals surface area contributed by atoms with Gasteiger partial charge in [0.2, 0.25) is 0 Å². The molecule has 8 nitrogen and oxygen atoms in total. The van der Waals surface area contributed by atoms with Crippen LogP contribution in [0.1, 0.15) is 35.8 Å². The summed E-state index contributed by atoms with van der Waals surface area (Å²) in [6, 6.07) is 23.0. The van der Waals surface area contributed by atoms with Gasteiger partial charge in [0.1, 0.15) is 11.9 Å². The van der Waals surface area contributed by atoms with Gasteiger partial charge in [-0.15, -0.1) is 0 Å². The fourth-order valence-corrected chi connectivity index (χ4v) is 5.21. The Bertz CT molecular complexity index is 1360. The molecular formula is C32H33FN2O6. The van der Waals surface area contributed by atoms with E-state index in [1.807, 2.05) is 70.5 Å². The molecular weight excluding hydrogens is 527 g/mol. The van der Waals surface area contributed by atoms with Gasteiger partial charge in [-0.3, -0.25) is 19.4 Å². The summed E-state index contributed by atoms with van der Waals surface area (Å²) in [5.41, 5.74) is 2.43. The van der Waals surface area contributed by atoms with E-state index in [2.05, 4.69) is 0 Å². The average molecular weight is 561 g/mol. The highest BCUT2D eigenvalue weighted by Crippen LogP contribution is 2.46. The number of methoxy groups -OCH3 is 2. The standard InChI is InChI=1S/C32H33FN2O6/c1-4-41-31(37)25(19-22-15-17-26(33)18-16-22)20-34-29(32(38)40-3)28(23-11-7-5-8-12-23)35(21-27(36)39-2)30(34)24-13-9-6-10-14-24/h5-19,28-30H,4,20-21H2,1-3H3/b25-19+/t28-,29-,30+/m0/s1. The number of hydrogen-bond acceptors (Lipinski definition) is 8.